The van der Waals surface area contributed by atoms with Gasteiger partial charge in [-0.1, -0.05) is 23.2 Å². The van der Waals surface area contributed by atoms with Gasteiger partial charge in [-0.25, -0.2) is 4.79 Å². The third kappa shape index (κ3) is 3.12. The van der Waals surface area contributed by atoms with Gasteiger partial charge in [0.1, 0.15) is 6.61 Å². The summed E-state index contributed by atoms with van der Waals surface area (Å²) in [6.07, 6.45) is 0. The molecule has 1 rings (SSSR count). The van der Waals surface area contributed by atoms with Gasteiger partial charge in [-0.15, -0.1) is 0 Å². The molecule has 0 unspecified atom stereocenters. The molecular formula is C10H8Cl2O4. The lowest BCUT2D eigenvalue weighted by molar-refractivity contribution is -0.142. The average molecular weight is 263 g/mol. The van der Waals surface area contributed by atoms with Gasteiger partial charge in [0.05, 0.1) is 5.56 Å². The number of carboxylic acids is 1. The normalized spacial score (nSPS) is 9.94. The van der Waals surface area contributed by atoms with E-state index in [0.29, 0.717) is 5.56 Å². The first kappa shape index (κ1) is 12.8. The Morgan fingerprint density at radius 2 is 1.81 bits per heavy atom. The Morgan fingerprint density at radius 1 is 1.31 bits per heavy atom. The van der Waals surface area contributed by atoms with Crippen molar-refractivity contribution in [2.45, 2.75) is 13.5 Å². The van der Waals surface area contributed by atoms with Crippen molar-refractivity contribution in [2.75, 3.05) is 0 Å². The zero-order valence-electron chi connectivity index (χ0n) is 8.29. The van der Waals surface area contributed by atoms with Crippen LogP contribution in [0.4, 0.5) is 0 Å². The molecule has 0 aromatic heterocycles. The number of esters is 1. The van der Waals surface area contributed by atoms with Crippen molar-refractivity contribution in [3.63, 3.8) is 0 Å². The Balaban J connectivity index is 3.03. The number of hydrogen-bond donors (Lipinski definition) is 1. The SMILES string of the molecule is CC(=O)OCc1c(Cl)cc(C(=O)O)cc1Cl. The van der Waals surface area contributed by atoms with Crippen molar-refractivity contribution in [3.05, 3.63) is 33.3 Å². The molecule has 0 saturated carbocycles. The Kier molecular flexibility index (Phi) is 4.15. The third-order valence-electron chi connectivity index (χ3n) is 1.81. The summed E-state index contributed by atoms with van der Waals surface area (Å²) in [5.74, 6) is -1.59. The van der Waals surface area contributed by atoms with Crippen molar-refractivity contribution < 1.29 is 19.4 Å². The molecule has 1 aromatic carbocycles. The van der Waals surface area contributed by atoms with Gasteiger partial charge >= 0.3 is 11.9 Å². The Labute approximate surface area is 102 Å². The molecule has 0 heterocycles. The van der Waals surface area contributed by atoms with Crippen LogP contribution in [0.15, 0.2) is 12.1 Å². The van der Waals surface area contributed by atoms with Crippen LogP contribution in [0.5, 0.6) is 0 Å². The molecule has 0 aliphatic rings. The van der Waals surface area contributed by atoms with Crippen LogP contribution in [0.3, 0.4) is 0 Å². The molecule has 0 amide bonds. The number of carboxylic acid groups (broad SMARTS) is 1. The predicted molar refractivity (Wildman–Crippen MR) is 58.9 cm³/mol. The molecule has 0 spiro atoms. The largest absolute Gasteiger partial charge is 0.478 e. The number of hydrogen-bond acceptors (Lipinski definition) is 3. The van der Waals surface area contributed by atoms with Gasteiger partial charge in [-0.3, -0.25) is 4.79 Å². The van der Waals surface area contributed by atoms with Crippen LogP contribution < -0.4 is 0 Å². The maximum atomic E-state index is 10.7. The highest BCUT2D eigenvalue weighted by Crippen LogP contribution is 2.27. The smallest absolute Gasteiger partial charge is 0.335 e. The van der Waals surface area contributed by atoms with Gasteiger partial charge in [0.15, 0.2) is 0 Å². The van der Waals surface area contributed by atoms with Crippen molar-refractivity contribution in [2.24, 2.45) is 0 Å². The quantitative estimate of drug-likeness (QED) is 0.851. The number of aromatic carboxylic acids is 1. The molecule has 86 valence electrons. The van der Waals surface area contributed by atoms with Crippen molar-refractivity contribution >= 4 is 35.1 Å². The summed E-state index contributed by atoms with van der Waals surface area (Å²) in [5.41, 5.74) is 0.380. The van der Waals surface area contributed by atoms with Crippen LogP contribution in [-0.2, 0) is 16.1 Å². The number of ether oxygens (including phenoxy) is 1. The van der Waals surface area contributed by atoms with Crippen LogP contribution in [0.25, 0.3) is 0 Å². The van der Waals surface area contributed by atoms with E-state index in [-0.39, 0.29) is 22.2 Å². The highest BCUT2D eigenvalue weighted by molar-refractivity contribution is 6.36. The summed E-state index contributed by atoms with van der Waals surface area (Å²) in [7, 11) is 0. The zero-order valence-corrected chi connectivity index (χ0v) is 9.80. The highest BCUT2D eigenvalue weighted by atomic mass is 35.5. The van der Waals surface area contributed by atoms with Crippen molar-refractivity contribution in [1.82, 2.24) is 0 Å². The molecule has 0 aliphatic carbocycles. The molecule has 1 aromatic rings. The molecule has 0 atom stereocenters. The number of halogens is 2. The lowest BCUT2D eigenvalue weighted by Gasteiger charge is -2.08. The standard InChI is InChI=1S/C10H8Cl2O4/c1-5(13)16-4-7-8(11)2-6(10(14)15)3-9(7)12/h2-3H,4H2,1H3,(H,14,15). The average Bonchev–Trinajstić information content (AvgIpc) is 2.15. The Morgan fingerprint density at radius 3 is 2.19 bits per heavy atom. The van der Waals surface area contributed by atoms with E-state index in [0.717, 1.165) is 0 Å². The second kappa shape index (κ2) is 5.18. The van der Waals surface area contributed by atoms with E-state index in [4.69, 9.17) is 33.0 Å². The molecule has 0 bridgehead atoms. The second-order valence-corrected chi connectivity index (χ2v) is 3.82. The molecule has 0 radical (unpaired) electrons. The fourth-order valence-electron chi connectivity index (χ4n) is 1.04. The fraction of sp³-hybridized carbons (Fsp3) is 0.200. The number of benzene rings is 1. The van der Waals surface area contributed by atoms with Gasteiger partial charge in [-0.05, 0) is 12.1 Å². The Bertz CT molecular complexity index is 419. The lowest BCUT2D eigenvalue weighted by Crippen LogP contribution is -2.02. The minimum atomic E-state index is -1.12. The summed E-state index contributed by atoms with van der Waals surface area (Å²) < 4.78 is 4.73. The van der Waals surface area contributed by atoms with E-state index in [9.17, 15) is 9.59 Å². The van der Waals surface area contributed by atoms with Gasteiger partial charge in [0.2, 0.25) is 0 Å². The fourth-order valence-corrected chi connectivity index (χ4v) is 1.63. The monoisotopic (exact) mass is 262 g/mol. The maximum absolute atomic E-state index is 10.7. The second-order valence-electron chi connectivity index (χ2n) is 3.00. The maximum Gasteiger partial charge on any atom is 0.335 e. The van der Waals surface area contributed by atoms with Crippen LogP contribution in [0, 0.1) is 0 Å². The van der Waals surface area contributed by atoms with Crippen LogP contribution in [0.2, 0.25) is 10.0 Å². The number of carbonyl (C=O) groups is 2. The molecule has 4 nitrogen and oxygen atoms in total. The number of rotatable bonds is 3. The third-order valence-corrected chi connectivity index (χ3v) is 2.48. The first-order valence-corrected chi connectivity index (χ1v) is 5.02. The zero-order chi connectivity index (χ0) is 12.3. The topological polar surface area (TPSA) is 63.6 Å². The van der Waals surface area contributed by atoms with Crippen LogP contribution in [-0.4, -0.2) is 17.0 Å². The van der Waals surface area contributed by atoms with Crippen LogP contribution in [0.1, 0.15) is 22.8 Å². The van der Waals surface area contributed by atoms with Crippen molar-refractivity contribution in [1.29, 1.82) is 0 Å². The molecule has 6 heteroatoms. The van der Waals surface area contributed by atoms with Gasteiger partial charge in [-0.2, -0.15) is 0 Å². The summed E-state index contributed by atoms with van der Waals surface area (Å²) in [6, 6.07) is 2.52. The molecule has 1 N–H and O–H groups in total. The van der Waals surface area contributed by atoms with E-state index >= 15 is 0 Å². The van der Waals surface area contributed by atoms with E-state index in [1.165, 1.54) is 19.1 Å². The predicted octanol–water partition coefficient (Wildman–Crippen LogP) is 2.75. The lowest BCUT2D eigenvalue weighted by atomic mass is 10.1. The van der Waals surface area contributed by atoms with Crippen LogP contribution >= 0.6 is 23.2 Å². The van der Waals surface area contributed by atoms with Gasteiger partial charge in [0, 0.05) is 22.5 Å². The van der Waals surface area contributed by atoms with E-state index in [1.807, 2.05) is 0 Å². The Hall–Kier alpha value is -1.26. The minimum Gasteiger partial charge on any atom is -0.478 e. The highest BCUT2D eigenvalue weighted by Gasteiger charge is 2.12. The minimum absolute atomic E-state index is 0.0124. The summed E-state index contributed by atoms with van der Waals surface area (Å²) >= 11 is 11.6. The van der Waals surface area contributed by atoms with E-state index in [2.05, 4.69) is 0 Å². The van der Waals surface area contributed by atoms with Gasteiger partial charge in [0.25, 0.3) is 0 Å². The molecule has 0 saturated heterocycles. The molecule has 16 heavy (non-hydrogen) atoms. The summed E-state index contributed by atoms with van der Waals surface area (Å²) in [4.78, 5) is 21.3. The van der Waals surface area contributed by atoms with Gasteiger partial charge < -0.3 is 9.84 Å². The van der Waals surface area contributed by atoms with E-state index < -0.39 is 11.9 Å². The first-order chi connectivity index (χ1) is 7.41. The number of carbonyl (C=O) groups excluding carboxylic acids is 1. The molecule has 0 fully saturated rings. The molecular weight excluding hydrogens is 255 g/mol. The first-order valence-electron chi connectivity index (χ1n) is 4.26. The van der Waals surface area contributed by atoms with E-state index in [1.54, 1.807) is 0 Å². The van der Waals surface area contributed by atoms with Crippen molar-refractivity contribution in [3.8, 4) is 0 Å². The molecule has 0 aliphatic heterocycles. The summed E-state index contributed by atoms with van der Waals surface area (Å²) in [5, 5.41) is 9.06. The summed E-state index contributed by atoms with van der Waals surface area (Å²) in [6.45, 7) is 1.18.